The standard InChI is InChI=1S/C30H26N4O2/c35-29(25-16-8-3-9-17-25)32-31-28-26-18-10-11-19-27(26)34(30(28)36)22-33(20-23-12-4-1-5-13-23)21-24-14-6-2-7-15-24/h1-19H,20-22H2,(H,32,35)/b31-28-. The van der Waals surface area contributed by atoms with Crippen LogP contribution in [0.3, 0.4) is 0 Å². The summed E-state index contributed by atoms with van der Waals surface area (Å²) in [6.07, 6.45) is 0. The molecule has 0 aliphatic carbocycles. The SMILES string of the molecule is O=C(N/N=C1\C(=O)N(CN(Cc2ccccc2)Cc2ccccc2)c2ccccc21)c1ccccc1. The highest BCUT2D eigenvalue weighted by molar-refractivity contribution is 6.54. The number of carbonyl (C=O) groups is 2. The molecule has 6 nitrogen and oxygen atoms in total. The first-order valence-corrected chi connectivity index (χ1v) is 11.8. The lowest BCUT2D eigenvalue weighted by molar-refractivity contribution is -0.112. The molecule has 1 N–H and O–H groups in total. The predicted octanol–water partition coefficient (Wildman–Crippen LogP) is 4.83. The van der Waals surface area contributed by atoms with Crippen LogP contribution in [0.2, 0.25) is 0 Å². The van der Waals surface area contributed by atoms with E-state index >= 15 is 0 Å². The molecule has 1 aliphatic heterocycles. The van der Waals surface area contributed by atoms with Crippen molar-refractivity contribution in [3.05, 3.63) is 138 Å². The zero-order chi connectivity index (χ0) is 24.7. The lowest BCUT2D eigenvalue weighted by Crippen LogP contribution is -2.41. The molecular weight excluding hydrogens is 448 g/mol. The van der Waals surface area contributed by atoms with Gasteiger partial charge in [-0.1, -0.05) is 97.1 Å². The van der Waals surface area contributed by atoms with Crippen molar-refractivity contribution in [1.82, 2.24) is 10.3 Å². The molecular formula is C30H26N4O2. The molecule has 0 atom stereocenters. The largest absolute Gasteiger partial charge is 0.293 e. The van der Waals surface area contributed by atoms with Crippen LogP contribution in [-0.2, 0) is 17.9 Å². The van der Waals surface area contributed by atoms with Crippen LogP contribution in [0.15, 0.2) is 120 Å². The highest BCUT2D eigenvalue weighted by Crippen LogP contribution is 2.29. The Kier molecular flexibility index (Phi) is 6.96. The topological polar surface area (TPSA) is 65.0 Å². The fourth-order valence-corrected chi connectivity index (χ4v) is 4.31. The fraction of sp³-hybridized carbons (Fsp3) is 0.100. The van der Waals surface area contributed by atoms with E-state index in [2.05, 4.69) is 39.7 Å². The van der Waals surface area contributed by atoms with Crippen LogP contribution in [-0.4, -0.2) is 29.1 Å². The van der Waals surface area contributed by atoms with E-state index in [9.17, 15) is 9.59 Å². The molecule has 4 aromatic rings. The van der Waals surface area contributed by atoms with Crippen molar-refractivity contribution in [2.45, 2.75) is 13.1 Å². The number of hydrogen-bond acceptors (Lipinski definition) is 4. The van der Waals surface area contributed by atoms with E-state index < -0.39 is 0 Å². The quantitative estimate of drug-likeness (QED) is 0.372. The molecule has 0 saturated heterocycles. The summed E-state index contributed by atoms with van der Waals surface area (Å²) in [7, 11) is 0. The minimum atomic E-state index is -0.360. The van der Waals surface area contributed by atoms with E-state index in [0.717, 1.165) is 16.8 Å². The number of nitrogens with one attached hydrogen (secondary N) is 1. The Morgan fingerprint density at radius 2 is 1.25 bits per heavy atom. The molecule has 6 heteroatoms. The van der Waals surface area contributed by atoms with Crippen LogP contribution in [0.4, 0.5) is 5.69 Å². The molecule has 1 heterocycles. The van der Waals surface area contributed by atoms with Gasteiger partial charge >= 0.3 is 0 Å². The third-order valence-corrected chi connectivity index (χ3v) is 6.04. The molecule has 178 valence electrons. The van der Waals surface area contributed by atoms with Crippen LogP contribution in [0.25, 0.3) is 0 Å². The van der Waals surface area contributed by atoms with E-state index in [0.29, 0.717) is 30.9 Å². The Balaban J connectivity index is 1.40. The van der Waals surface area contributed by atoms with E-state index in [1.165, 1.54) is 0 Å². The first-order valence-electron chi connectivity index (χ1n) is 11.8. The van der Waals surface area contributed by atoms with Crippen LogP contribution >= 0.6 is 0 Å². The molecule has 0 spiro atoms. The molecule has 0 unspecified atom stereocenters. The van der Waals surface area contributed by atoms with Gasteiger partial charge in [-0.05, 0) is 29.3 Å². The maximum Gasteiger partial charge on any atom is 0.280 e. The van der Waals surface area contributed by atoms with Crippen molar-refractivity contribution < 1.29 is 9.59 Å². The van der Waals surface area contributed by atoms with Gasteiger partial charge in [0.2, 0.25) is 0 Å². The van der Waals surface area contributed by atoms with Crippen molar-refractivity contribution in [1.29, 1.82) is 0 Å². The monoisotopic (exact) mass is 474 g/mol. The summed E-state index contributed by atoms with van der Waals surface area (Å²) in [5.41, 5.74) is 7.08. The third-order valence-electron chi connectivity index (χ3n) is 6.04. The van der Waals surface area contributed by atoms with Crippen LogP contribution in [0.5, 0.6) is 0 Å². The fourth-order valence-electron chi connectivity index (χ4n) is 4.31. The zero-order valence-electron chi connectivity index (χ0n) is 19.7. The summed E-state index contributed by atoms with van der Waals surface area (Å²) in [6.45, 7) is 1.74. The van der Waals surface area contributed by atoms with Gasteiger partial charge in [-0.25, -0.2) is 5.43 Å². The molecule has 4 aromatic carbocycles. The summed E-state index contributed by atoms with van der Waals surface area (Å²) in [5, 5.41) is 4.25. The highest BCUT2D eigenvalue weighted by Gasteiger charge is 2.35. The number of hydrogen-bond donors (Lipinski definition) is 1. The average molecular weight is 475 g/mol. The molecule has 0 saturated carbocycles. The van der Waals surface area contributed by atoms with Gasteiger partial charge in [0.25, 0.3) is 11.8 Å². The van der Waals surface area contributed by atoms with Crippen molar-refractivity contribution in [2.75, 3.05) is 11.6 Å². The van der Waals surface area contributed by atoms with Gasteiger partial charge in [0.1, 0.15) is 0 Å². The number of nitrogens with zero attached hydrogens (tertiary/aromatic N) is 3. The van der Waals surface area contributed by atoms with Crippen LogP contribution < -0.4 is 10.3 Å². The molecule has 1 aliphatic rings. The molecule has 2 amide bonds. The smallest absolute Gasteiger partial charge is 0.280 e. The van der Waals surface area contributed by atoms with E-state index in [4.69, 9.17) is 0 Å². The lowest BCUT2D eigenvalue weighted by Gasteiger charge is -2.28. The number of carbonyl (C=O) groups excluding carboxylic acids is 2. The summed E-state index contributed by atoms with van der Waals surface area (Å²) in [4.78, 5) is 30.1. The van der Waals surface area contributed by atoms with Crippen molar-refractivity contribution in [3.8, 4) is 0 Å². The van der Waals surface area contributed by atoms with Gasteiger partial charge in [-0.15, -0.1) is 0 Å². The number of fused-ring (bicyclic) bond motifs is 1. The number of rotatable bonds is 8. The summed E-state index contributed by atoms with van der Waals surface area (Å²) >= 11 is 0. The van der Waals surface area contributed by atoms with E-state index in [1.54, 1.807) is 29.2 Å². The van der Waals surface area contributed by atoms with Gasteiger partial charge in [0.15, 0.2) is 5.71 Å². The Hall–Kier alpha value is -4.55. The Morgan fingerprint density at radius 1 is 0.722 bits per heavy atom. The zero-order valence-corrected chi connectivity index (χ0v) is 19.7. The minimum Gasteiger partial charge on any atom is -0.293 e. The highest BCUT2D eigenvalue weighted by atomic mass is 16.2. The number of hydrazone groups is 1. The number of benzene rings is 4. The normalized spacial score (nSPS) is 13.8. The lowest BCUT2D eigenvalue weighted by atomic mass is 10.1. The van der Waals surface area contributed by atoms with Crippen molar-refractivity contribution >= 4 is 23.2 Å². The second-order valence-electron chi connectivity index (χ2n) is 8.62. The molecule has 0 aromatic heterocycles. The predicted molar refractivity (Wildman–Crippen MR) is 141 cm³/mol. The summed E-state index contributed by atoms with van der Waals surface area (Å²) in [5.74, 6) is -0.600. The summed E-state index contributed by atoms with van der Waals surface area (Å²) in [6, 6.07) is 36.8. The third kappa shape index (κ3) is 5.24. The number of anilines is 1. The Labute approximate surface area is 210 Å². The summed E-state index contributed by atoms with van der Waals surface area (Å²) < 4.78 is 0. The van der Waals surface area contributed by atoms with Crippen molar-refractivity contribution in [3.63, 3.8) is 0 Å². The molecule has 0 bridgehead atoms. The molecule has 0 fully saturated rings. The Bertz CT molecular complexity index is 1330. The Morgan fingerprint density at radius 3 is 1.86 bits per heavy atom. The molecule has 0 radical (unpaired) electrons. The molecule has 5 rings (SSSR count). The first kappa shape index (κ1) is 23.2. The van der Waals surface area contributed by atoms with E-state index in [1.807, 2.05) is 66.7 Å². The van der Waals surface area contributed by atoms with Crippen LogP contribution in [0.1, 0.15) is 27.0 Å². The number of amides is 2. The van der Waals surface area contributed by atoms with Gasteiger partial charge in [0.05, 0.1) is 12.4 Å². The van der Waals surface area contributed by atoms with Gasteiger partial charge in [0, 0.05) is 24.2 Å². The van der Waals surface area contributed by atoms with Crippen LogP contribution in [0, 0.1) is 0 Å². The maximum absolute atomic E-state index is 13.6. The van der Waals surface area contributed by atoms with Gasteiger partial charge < -0.3 is 0 Å². The number of para-hydroxylation sites is 1. The average Bonchev–Trinajstić information content (AvgIpc) is 3.19. The minimum absolute atomic E-state index is 0.231. The molecule has 36 heavy (non-hydrogen) atoms. The van der Waals surface area contributed by atoms with Crippen molar-refractivity contribution in [2.24, 2.45) is 5.10 Å². The van der Waals surface area contributed by atoms with Gasteiger partial charge in [-0.2, -0.15) is 5.10 Å². The first-order chi connectivity index (χ1) is 17.7. The second kappa shape index (κ2) is 10.8. The second-order valence-corrected chi connectivity index (χ2v) is 8.62. The van der Waals surface area contributed by atoms with E-state index in [-0.39, 0.29) is 17.5 Å². The van der Waals surface area contributed by atoms with Gasteiger partial charge in [-0.3, -0.25) is 19.4 Å². The maximum atomic E-state index is 13.6.